The number of aryl methyl sites for hydroxylation is 2. The number of nitrogens with zero attached hydrogens (tertiary/aromatic N) is 2. The van der Waals surface area contributed by atoms with Crippen molar-refractivity contribution in [1.82, 2.24) is 9.38 Å². The second-order valence-corrected chi connectivity index (χ2v) is 8.18. The van der Waals surface area contributed by atoms with E-state index in [0.717, 1.165) is 34.8 Å². The number of fused-ring (bicyclic) bond motifs is 1. The summed E-state index contributed by atoms with van der Waals surface area (Å²) in [4.78, 5) is 18.4. The van der Waals surface area contributed by atoms with Crippen molar-refractivity contribution in [3.05, 3.63) is 76.0 Å². The van der Waals surface area contributed by atoms with E-state index in [-0.39, 0.29) is 11.8 Å². The monoisotopic (exact) mass is 437 g/mol. The van der Waals surface area contributed by atoms with Crippen LogP contribution in [-0.2, 0) is 17.7 Å². The smallest absolute Gasteiger partial charge is 0.350 e. The summed E-state index contributed by atoms with van der Waals surface area (Å²) in [5, 5.41) is 3.42. The van der Waals surface area contributed by atoms with Crippen LogP contribution in [0.3, 0.4) is 0 Å². The molecule has 0 aliphatic rings. The zero-order valence-electron chi connectivity index (χ0n) is 17.7. The molecule has 4 rings (SSSR count). The maximum absolute atomic E-state index is 13.6. The molecule has 0 unspecified atom stereocenters. The van der Waals surface area contributed by atoms with Gasteiger partial charge >= 0.3 is 5.97 Å². The predicted molar refractivity (Wildman–Crippen MR) is 122 cm³/mol. The highest BCUT2D eigenvalue weighted by Crippen LogP contribution is 2.35. The molecule has 5 nitrogen and oxygen atoms in total. The van der Waals surface area contributed by atoms with Crippen molar-refractivity contribution in [3.8, 4) is 11.3 Å². The average molecular weight is 438 g/mol. The van der Waals surface area contributed by atoms with Crippen LogP contribution in [0.15, 0.2) is 48.5 Å². The van der Waals surface area contributed by atoms with Gasteiger partial charge in [0.25, 0.3) is 0 Å². The van der Waals surface area contributed by atoms with Crippen LogP contribution in [0.25, 0.3) is 16.2 Å². The Balaban J connectivity index is 1.79. The van der Waals surface area contributed by atoms with Gasteiger partial charge in [0.1, 0.15) is 22.2 Å². The minimum absolute atomic E-state index is 0.274. The fraction of sp³-hybridized carbons (Fsp3) is 0.250. The molecule has 0 spiro atoms. The van der Waals surface area contributed by atoms with Crippen LogP contribution in [0.5, 0.6) is 0 Å². The molecule has 2 aromatic heterocycles. The van der Waals surface area contributed by atoms with Gasteiger partial charge in [-0.25, -0.2) is 14.2 Å². The van der Waals surface area contributed by atoms with Crippen LogP contribution in [-0.4, -0.2) is 22.0 Å². The van der Waals surface area contributed by atoms with Crippen molar-refractivity contribution < 1.29 is 13.9 Å². The average Bonchev–Trinajstić information content (AvgIpc) is 3.29. The van der Waals surface area contributed by atoms with Gasteiger partial charge in [-0.05, 0) is 43.5 Å². The van der Waals surface area contributed by atoms with E-state index in [1.54, 1.807) is 13.0 Å². The largest absolute Gasteiger partial charge is 0.462 e. The van der Waals surface area contributed by atoms with Crippen molar-refractivity contribution >= 4 is 28.1 Å². The lowest BCUT2D eigenvalue weighted by atomic mass is 10.1. The second kappa shape index (κ2) is 8.89. The van der Waals surface area contributed by atoms with Crippen LogP contribution in [0.1, 0.15) is 40.3 Å². The second-order valence-electron chi connectivity index (χ2n) is 7.20. The topological polar surface area (TPSA) is 55.6 Å². The number of carbonyl (C=O) groups is 1. The molecule has 4 aromatic rings. The lowest BCUT2D eigenvalue weighted by Crippen LogP contribution is -2.07. The minimum Gasteiger partial charge on any atom is -0.462 e. The Morgan fingerprint density at radius 3 is 2.61 bits per heavy atom. The lowest BCUT2D eigenvalue weighted by molar-refractivity contribution is 0.0531. The number of rotatable bonds is 7. The summed E-state index contributed by atoms with van der Waals surface area (Å²) in [7, 11) is 0. The minimum atomic E-state index is -0.347. The van der Waals surface area contributed by atoms with E-state index in [4.69, 9.17) is 9.72 Å². The molecule has 0 saturated carbocycles. The Morgan fingerprint density at radius 2 is 1.94 bits per heavy atom. The summed E-state index contributed by atoms with van der Waals surface area (Å²) in [6, 6.07) is 14.8. The van der Waals surface area contributed by atoms with E-state index in [1.807, 2.05) is 17.4 Å². The van der Waals surface area contributed by atoms with E-state index in [9.17, 15) is 9.18 Å². The molecule has 31 heavy (non-hydrogen) atoms. The van der Waals surface area contributed by atoms with E-state index in [2.05, 4.69) is 36.5 Å². The summed E-state index contributed by atoms with van der Waals surface area (Å²) >= 11 is 1.31. The van der Waals surface area contributed by atoms with Gasteiger partial charge in [-0.1, -0.05) is 54.7 Å². The van der Waals surface area contributed by atoms with Crippen LogP contribution < -0.4 is 5.32 Å². The normalized spacial score (nSPS) is 11.1. The van der Waals surface area contributed by atoms with Gasteiger partial charge in [-0.15, -0.1) is 0 Å². The van der Waals surface area contributed by atoms with Crippen LogP contribution >= 0.6 is 11.3 Å². The first-order chi connectivity index (χ1) is 15.0. The molecule has 0 radical (unpaired) electrons. The number of benzene rings is 2. The summed E-state index contributed by atoms with van der Waals surface area (Å²) in [5.41, 5.74) is 4.61. The van der Waals surface area contributed by atoms with Gasteiger partial charge in [0.2, 0.25) is 0 Å². The number of carbonyl (C=O) groups excluding carboxylic acids is 1. The van der Waals surface area contributed by atoms with Gasteiger partial charge in [0.05, 0.1) is 6.61 Å². The number of halogens is 1. The van der Waals surface area contributed by atoms with Gasteiger partial charge < -0.3 is 10.1 Å². The van der Waals surface area contributed by atoms with E-state index in [0.29, 0.717) is 23.0 Å². The van der Waals surface area contributed by atoms with Crippen LogP contribution in [0, 0.1) is 12.7 Å². The zero-order chi connectivity index (χ0) is 22.0. The molecule has 2 heterocycles. The summed E-state index contributed by atoms with van der Waals surface area (Å²) in [6.07, 6.45) is 0.964. The Hall–Kier alpha value is -3.19. The van der Waals surface area contributed by atoms with Crippen molar-refractivity contribution in [2.24, 2.45) is 0 Å². The van der Waals surface area contributed by atoms with Gasteiger partial charge in [-0.3, -0.25) is 4.40 Å². The number of nitrogens with one attached hydrogen (secondary N) is 1. The Bertz CT molecular complexity index is 1230. The number of esters is 1. The first-order valence-corrected chi connectivity index (χ1v) is 11.1. The van der Waals surface area contributed by atoms with Crippen LogP contribution in [0.2, 0.25) is 0 Å². The van der Waals surface area contributed by atoms with Gasteiger partial charge in [-0.2, -0.15) is 0 Å². The summed E-state index contributed by atoms with van der Waals surface area (Å²) in [6.45, 7) is 6.53. The number of hydrogen-bond acceptors (Lipinski definition) is 5. The fourth-order valence-electron chi connectivity index (χ4n) is 3.53. The molecular formula is C24H24FN3O2S. The highest BCUT2D eigenvalue weighted by molar-refractivity contribution is 7.19. The van der Waals surface area contributed by atoms with E-state index < -0.39 is 0 Å². The molecule has 0 saturated heterocycles. The first kappa shape index (κ1) is 21.1. The highest BCUT2D eigenvalue weighted by atomic mass is 32.1. The Labute approximate surface area is 184 Å². The molecule has 160 valence electrons. The van der Waals surface area contributed by atoms with Crippen molar-refractivity contribution in [1.29, 1.82) is 0 Å². The fourth-order valence-corrected chi connectivity index (χ4v) is 4.55. The molecule has 0 amide bonds. The highest BCUT2D eigenvalue weighted by Gasteiger charge is 2.23. The molecule has 0 aliphatic carbocycles. The SMILES string of the molecule is CCOC(=O)c1sc2nc(-c3ccc(CC)cc3)c(NCc3cccc(F)c3)n2c1C. The third-order valence-corrected chi connectivity index (χ3v) is 6.27. The summed E-state index contributed by atoms with van der Waals surface area (Å²) < 4.78 is 20.8. The standard InChI is InChI=1S/C24H24FN3O2S/c1-4-16-9-11-18(12-10-16)20-22(26-14-17-7-6-8-19(25)13-17)28-15(3)21(23(29)30-5-2)31-24(28)27-20/h6-13,26H,4-5,14H2,1-3H3. The number of anilines is 1. The molecular weight excluding hydrogens is 413 g/mol. The van der Waals surface area contributed by atoms with Gasteiger partial charge in [0, 0.05) is 17.8 Å². The molecule has 2 aromatic carbocycles. The molecule has 7 heteroatoms. The van der Waals surface area contributed by atoms with Gasteiger partial charge in [0.15, 0.2) is 4.96 Å². The molecule has 1 N–H and O–H groups in total. The van der Waals surface area contributed by atoms with Crippen molar-refractivity contribution in [3.63, 3.8) is 0 Å². The molecule has 0 atom stereocenters. The van der Waals surface area contributed by atoms with E-state index >= 15 is 0 Å². The number of imidazole rings is 1. The number of aromatic nitrogens is 2. The Kier molecular flexibility index (Phi) is 6.04. The summed E-state index contributed by atoms with van der Waals surface area (Å²) in [5.74, 6) is 0.151. The third kappa shape index (κ3) is 4.18. The zero-order valence-corrected chi connectivity index (χ0v) is 18.6. The molecule has 0 bridgehead atoms. The number of ether oxygens (including phenoxy) is 1. The van der Waals surface area contributed by atoms with E-state index in [1.165, 1.54) is 29.0 Å². The predicted octanol–water partition coefficient (Wildman–Crippen LogP) is 5.86. The first-order valence-electron chi connectivity index (χ1n) is 10.3. The Morgan fingerprint density at radius 1 is 1.16 bits per heavy atom. The van der Waals surface area contributed by atoms with Crippen molar-refractivity contribution in [2.75, 3.05) is 11.9 Å². The number of thiazole rings is 1. The lowest BCUT2D eigenvalue weighted by Gasteiger charge is -2.10. The van der Waals surface area contributed by atoms with Crippen LogP contribution in [0.4, 0.5) is 10.2 Å². The third-order valence-electron chi connectivity index (χ3n) is 5.15. The quantitative estimate of drug-likeness (QED) is 0.368. The maximum Gasteiger partial charge on any atom is 0.350 e. The van der Waals surface area contributed by atoms with Crippen molar-refractivity contribution in [2.45, 2.75) is 33.7 Å². The number of hydrogen-bond donors (Lipinski definition) is 1. The molecule has 0 fully saturated rings. The molecule has 0 aliphatic heterocycles. The maximum atomic E-state index is 13.6.